The summed E-state index contributed by atoms with van der Waals surface area (Å²) in [6, 6.07) is 6.02. The first kappa shape index (κ1) is 14.6. The van der Waals surface area contributed by atoms with E-state index in [0.29, 0.717) is 12.0 Å². The van der Waals surface area contributed by atoms with Gasteiger partial charge in [0.25, 0.3) is 0 Å². The molecule has 1 aromatic carbocycles. The molecule has 3 N–H and O–H groups in total. The minimum absolute atomic E-state index is 0.250. The van der Waals surface area contributed by atoms with Crippen molar-refractivity contribution in [1.82, 2.24) is 5.32 Å². The van der Waals surface area contributed by atoms with E-state index in [1.165, 1.54) is 6.07 Å². The summed E-state index contributed by atoms with van der Waals surface area (Å²) in [6.07, 6.45) is 1.43. The van der Waals surface area contributed by atoms with Crippen molar-refractivity contribution in [3.63, 3.8) is 0 Å². The third-order valence-electron chi connectivity index (χ3n) is 3.01. The normalized spacial score (nSPS) is 15.8. The van der Waals surface area contributed by atoms with Crippen molar-refractivity contribution in [2.75, 3.05) is 0 Å². The van der Waals surface area contributed by atoms with Crippen LogP contribution in [0.15, 0.2) is 24.3 Å². The van der Waals surface area contributed by atoms with Crippen LogP contribution in [0.25, 0.3) is 0 Å². The van der Waals surface area contributed by atoms with E-state index >= 15 is 0 Å². The zero-order valence-corrected chi connectivity index (χ0v) is 11.2. The number of halogens is 1. The zero-order chi connectivity index (χ0) is 13.8. The van der Waals surface area contributed by atoms with Gasteiger partial charge in [-0.2, -0.15) is 0 Å². The molecule has 0 aliphatic rings. The highest BCUT2D eigenvalue weighted by molar-refractivity contribution is 5.85. The van der Waals surface area contributed by atoms with Crippen molar-refractivity contribution in [3.8, 4) is 0 Å². The van der Waals surface area contributed by atoms with Gasteiger partial charge in [0, 0.05) is 5.56 Å². The van der Waals surface area contributed by atoms with E-state index in [1.807, 2.05) is 6.92 Å². The maximum absolute atomic E-state index is 13.6. The van der Waals surface area contributed by atoms with Gasteiger partial charge < -0.3 is 11.1 Å². The molecule has 2 atom stereocenters. The summed E-state index contributed by atoms with van der Waals surface area (Å²) in [5.41, 5.74) is 5.49. The summed E-state index contributed by atoms with van der Waals surface area (Å²) < 4.78 is 13.6. The number of benzene rings is 1. The Kier molecular flexibility index (Phi) is 4.84. The molecule has 0 spiro atoms. The molecule has 4 heteroatoms. The molecule has 2 unspecified atom stereocenters. The minimum Gasteiger partial charge on any atom is -0.348 e. The van der Waals surface area contributed by atoms with Gasteiger partial charge in [0.05, 0.1) is 11.6 Å². The molecule has 0 aliphatic carbocycles. The van der Waals surface area contributed by atoms with Crippen LogP contribution in [-0.4, -0.2) is 11.4 Å². The van der Waals surface area contributed by atoms with E-state index < -0.39 is 11.6 Å². The summed E-state index contributed by atoms with van der Waals surface area (Å²) in [5.74, 6) is -0.570. The molecule has 0 saturated heterocycles. The van der Waals surface area contributed by atoms with Crippen molar-refractivity contribution in [2.45, 2.75) is 45.2 Å². The van der Waals surface area contributed by atoms with Gasteiger partial charge in [-0.15, -0.1) is 0 Å². The summed E-state index contributed by atoms with van der Waals surface area (Å²) in [5, 5.41) is 2.76. The first-order chi connectivity index (χ1) is 8.38. The number of carbonyl (C=O) groups excluding carboxylic acids is 1. The highest BCUT2D eigenvalue weighted by atomic mass is 19.1. The number of carbonyl (C=O) groups is 1. The molecule has 1 rings (SSSR count). The van der Waals surface area contributed by atoms with Crippen molar-refractivity contribution in [3.05, 3.63) is 35.6 Å². The standard InChI is InChI=1S/C14H21FN2O/c1-4-9-14(3,16)13(18)17-10(2)11-7-5-6-8-12(11)15/h5-8,10H,4,9,16H2,1-3H3,(H,17,18). The minimum atomic E-state index is -0.908. The van der Waals surface area contributed by atoms with E-state index in [2.05, 4.69) is 5.32 Å². The van der Waals surface area contributed by atoms with Crippen molar-refractivity contribution in [1.29, 1.82) is 0 Å². The van der Waals surface area contributed by atoms with E-state index in [9.17, 15) is 9.18 Å². The van der Waals surface area contributed by atoms with Crippen LogP contribution in [0.1, 0.15) is 45.2 Å². The van der Waals surface area contributed by atoms with Gasteiger partial charge in [-0.3, -0.25) is 4.79 Å². The van der Waals surface area contributed by atoms with Gasteiger partial charge in [-0.1, -0.05) is 31.5 Å². The summed E-state index contributed by atoms with van der Waals surface area (Å²) in [4.78, 5) is 12.0. The Morgan fingerprint density at radius 1 is 1.50 bits per heavy atom. The Balaban J connectivity index is 2.74. The predicted molar refractivity (Wildman–Crippen MR) is 70.5 cm³/mol. The fourth-order valence-electron chi connectivity index (χ4n) is 1.90. The molecule has 0 radical (unpaired) electrons. The number of rotatable bonds is 5. The first-order valence-corrected chi connectivity index (χ1v) is 6.22. The van der Waals surface area contributed by atoms with Crippen LogP contribution in [0.5, 0.6) is 0 Å². The van der Waals surface area contributed by atoms with E-state index in [0.717, 1.165) is 6.42 Å². The average Bonchev–Trinajstić information content (AvgIpc) is 2.29. The molecule has 1 amide bonds. The van der Waals surface area contributed by atoms with Crippen LogP contribution in [0.4, 0.5) is 4.39 Å². The van der Waals surface area contributed by atoms with Gasteiger partial charge >= 0.3 is 0 Å². The van der Waals surface area contributed by atoms with Gasteiger partial charge in [0.1, 0.15) is 5.82 Å². The number of nitrogens with one attached hydrogen (secondary N) is 1. The van der Waals surface area contributed by atoms with Crippen LogP contribution in [0.3, 0.4) is 0 Å². The van der Waals surface area contributed by atoms with Gasteiger partial charge in [-0.25, -0.2) is 4.39 Å². The molecular weight excluding hydrogens is 231 g/mol. The second-order valence-electron chi connectivity index (χ2n) is 4.88. The quantitative estimate of drug-likeness (QED) is 0.846. The van der Waals surface area contributed by atoms with Crippen LogP contribution < -0.4 is 11.1 Å². The van der Waals surface area contributed by atoms with E-state index in [4.69, 9.17) is 5.73 Å². The second kappa shape index (κ2) is 5.96. The van der Waals surface area contributed by atoms with E-state index in [1.54, 1.807) is 32.0 Å². The Bertz CT molecular complexity index is 418. The molecule has 0 aromatic heterocycles. The van der Waals surface area contributed by atoms with Crippen LogP contribution in [0.2, 0.25) is 0 Å². The predicted octanol–water partition coefficient (Wildman–Crippen LogP) is 2.52. The highest BCUT2D eigenvalue weighted by Gasteiger charge is 2.28. The zero-order valence-electron chi connectivity index (χ0n) is 11.2. The number of amides is 1. The maximum atomic E-state index is 13.6. The van der Waals surface area contributed by atoms with Crippen LogP contribution in [-0.2, 0) is 4.79 Å². The number of hydrogen-bond acceptors (Lipinski definition) is 2. The molecule has 0 fully saturated rings. The average molecular weight is 252 g/mol. The highest BCUT2D eigenvalue weighted by Crippen LogP contribution is 2.18. The maximum Gasteiger partial charge on any atom is 0.240 e. The summed E-state index contributed by atoms with van der Waals surface area (Å²) >= 11 is 0. The van der Waals surface area contributed by atoms with Crippen molar-refractivity contribution >= 4 is 5.91 Å². The van der Waals surface area contributed by atoms with Crippen molar-refractivity contribution in [2.24, 2.45) is 5.73 Å². The lowest BCUT2D eigenvalue weighted by Crippen LogP contribution is -2.52. The molecule has 3 nitrogen and oxygen atoms in total. The Labute approximate surface area is 108 Å². The lowest BCUT2D eigenvalue weighted by atomic mass is 9.95. The Hall–Kier alpha value is -1.42. The monoisotopic (exact) mass is 252 g/mol. The van der Waals surface area contributed by atoms with Gasteiger partial charge in [0.2, 0.25) is 5.91 Å². The fourth-order valence-corrected chi connectivity index (χ4v) is 1.90. The summed E-state index contributed by atoms with van der Waals surface area (Å²) in [7, 11) is 0. The van der Waals surface area contributed by atoms with Gasteiger partial charge in [-0.05, 0) is 26.3 Å². The third-order valence-corrected chi connectivity index (χ3v) is 3.01. The van der Waals surface area contributed by atoms with E-state index in [-0.39, 0.29) is 11.7 Å². The second-order valence-corrected chi connectivity index (χ2v) is 4.88. The smallest absolute Gasteiger partial charge is 0.240 e. The molecule has 100 valence electrons. The Morgan fingerprint density at radius 2 is 2.11 bits per heavy atom. The van der Waals surface area contributed by atoms with Crippen LogP contribution >= 0.6 is 0 Å². The largest absolute Gasteiger partial charge is 0.348 e. The summed E-state index contributed by atoms with van der Waals surface area (Å²) in [6.45, 7) is 5.41. The van der Waals surface area contributed by atoms with Gasteiger partial charge in [0.15, 0.2) is 0 Å². The molecule has 0 heterocycles. The van der Waals surface area contributed by atoms with Crippen molar-refractivity contribution < 1.29 is 9.18 Å². The molecule has 1 aromatic rings. The van der Waals surface area contributed by atoms with Crippen LogP contribution in [0, 0.1) is 5.82 Å². The molecular formula is C14H21FN2O. The lowest BCUT2D eigenvalue weighted by molar-refractivity contribution is -0.126. The first-order valence-electron chi connectivity index (χ1n) is 6.22. The lowest BCUT2D eigenvalue weighted by Gasteiger charge is -2.25. The fraction of sp³-hybridized carbons (Fsp3) is 0.500. The SMILES string of the molecule is CCCC(C)(N)C(=O)NC(C)c1ccccc1F. The third kappa shape index (κ3) is 3.53. The Morgan fingerprint density at radius 3 is 2.67 bits per heavy atom. The molecule has 18 heavy (non-hydrogen) atoms. The number of hydrogen-bond donors (Lipinski definition) is 2. The molecule has 0 aliphatic heterocycles. The number of nitrogens with two attached hydrogens (primary N) is 1. The molecule has 0 bridgehead atoms. The topological polar surface area (TPSA) is 55.1 Å². The molecule has 0 saturated carbocycles.